The van der Waals surface area contributed by atoms with Gasteiger partial charge in [0, 0.05) is 39.1 Å². The maximum atomic E-state index is 6.65. The minimum Gasteiger partial charge on any atom is -0.484 e. The predicted octanol–water partition coefficient (Wildman–Crippen LogP) is 5.52. The lowest BCUT2D eigenvalue weighted by Gasteiger charge is -2.38. The summed E-state index contributed by atoms with van der Waals surface area (Å²) in [7, 11) is 4.22. The van der Waals surface area contributed by atoms with Crippen LogP contribution in [-0.2, 0) is 6.54 Å². The van der Waals surface area contributed by atoms with Gasteiger partial charge >= 0.3 is 0 Å². The number of anilines is 1. The molecule has 0 aliphatic carbocycles. The number of ether oxygens (including phenoxy) is 1. The molecule has 3 aromatic carbocycles. The van der Waals surface area contributed by atoms with Gasteiger partial charge in [0.2, 0.25) is 0 Å². The fourth-order valence-corrected chi connectivity index (χ4v) is 4.74. The molecule has 4 nitrogen and oxygen atoms in total. The third-order valence-corrected chi connectivity index (χ3v) is 6.70. The molecule has 1 fully saturated rings. The van der Waals surface area contributed by atoms with Crippen molar-refractivity contribution < 1.29 is 4.74 Å². The second kappa shape index (κ2) is 11.9. The number of nitrogens with zero attached hydrogens (tertiary/aromatic N) is 2. The molecule has 1 unspecified atom stereocenters. The molecule has 0 spiro atoms. The van der Waals surface area contributed by atoms with Crippen LogP contribution in [0.3, 0.4) is 0 Å². The van der Waals surface area contributed by atoms with Gasteiger partial charge in [-0.15, -0.1) is 0 Å². The number of likely N-dealkylation sites (tertiary alicyclic amines) is 1. The molecule has 0 radical (unpaired) electrons. The third-order valence-electron chi connectivity index (χ3n) is 6.70. The van der Waals surface area contributed by atoms with E-state index in [2.05, 4.69) is 107 Å². The molecular formula is C29H37N3O. The molecule has 0 saturated carbocycles. The Morgan fingerprint density at radius 3 is 2.24 bits per heavy atom. The van der Waals surface area contributed by atoms with Crippen molar-refractivity contribution in [2.24, 2.45) is 0 Å². The molecule has 1 aliphatic heterocycles. The molecule has 0 bridgehead atoms. The number of hydrogen-bond donors (Lipinski definition) is 1. The number of rotatable bonds is 10. The van der Waals surface area contributed by atoms with Gasteiger partial charge in [0.05, 0.1) is 5.69 Å². The highest BCUT2D eigenvalue weighted by atomic mass is 16.5. The van der Waals surface area contributed by atoms with E-state index in [1.54, 1.807) is 0 Å². The zero-order chi connectivity index (χ0) is 22.9. The summed E-state index contributed by atoms with van der Waals surface area (Å²) in [5.41, 5.74) is 3.81. The fraction of sp³-hybridized carbons (Fsp3) is 0.379. The second-order valence-corrected chi connectivity index (χ2v) is 8.98. The molecule has 1 heterocycles. The molecule has 0 amide bonds. The van der Waals surface area contributed by atoms with E-state index in [9.17, 15) is 0 Å². The molecule has 1 saturated heterocycles. The first kappa shape index (κ1) is 23.3. The van der Waals surface area contributed by atoms with E-state index in [1.165, 1.54) is 29.7 Å². The predicted molar refractivity (Wildman–Crippen MR) is 138 cm³/mol. The van der Waals surface area contributed by atoms with E-state index in [4.69, 9.17) is 4.74 Å². The fourth-order valence-electron chi connectivity index (χ4n) is 4.74. The summed E-state index contributed by atoms with van der Waals surface area (Å²) in [5, 5.41) is 3.27. The third kappa shape index (κ3) is 6.37. The van der Waals surface area contributed by atoms with Crippen molar-refractivity contribution in [2.45, 2.75) is 38.0 Å². The van der Waals surface area contributed by atoms with Gasteiger partial charge in [0.25, 0.3) is 0 Å². The van der Waals surface area contributed by atoms with Gasteiger partial charge in [-0.1, -0.05) is 72.8 Å². The van der Waals surface area contributed by atoms with Crippen LogP contribution in [0.25, 0.3) is 0 Å². The van der Waals surface area contributed by atoms with E-state index in [1.807, 2.05) is 7.05 Å². The van der Waals surface area contributed by atoms with Gasteiger partial charge in [0.1, 0.15) is 11.9 Å². The average molecular weight is 444 g/mol. The number of para-hydroxylation sites is 2. The van der Waals surface area contributed by atoms with Crippen LogP contribution in [0.5, 0.6) is 5.75 Å². The number of hydrogen-bond acceptors (Lipinski definition) is 4. The normalized spacial score (nSPS) is 15.8. The largest absolute Gasteiger partial charge is 0.484 e. The van der Waals surface area contributed by atoms with Crippen LogP contribution >= 0.6 is 0 Å². The first-order chi connectivity index (χ1) is 16.2. The highest BCUT2D eigenvalue weighted by molar-refractivity contribution is 5.58. The molecule has 33 heavy (non-hydrogen) atoms. The second-order valence-electron chi connectivity index (χ2n) is 8.98. The van der Waals surface area contributed by atoms with Gasteiger partial charge in [0.15, 0.2) is 0 Å². The molecule has 1 aliphatic rings. The maximum Gasteiger partial charge on any atom is 0.143 e. The minimum atomic E-state index is 0.0286. The molecule has 4 rings (SSSR count). The van der Waals surface area contributed by atoms with E-state index >= 15 is 0 Å². The lowest BCUT2D eigenvalue weighted by molar-refractivity contribution is 0.191. The van der Waals surface area contributed by atoms with Crippen molar-refractivity contribution in [3.8, 4) is 5.75 Å². The summed E-state index contributed by atoms with van der Waals surface area (Å²) < 4.78 is 6.65. The zero-order valence-corrected chi connectivity index (χ0v) is 20.0. The molecular weight excluding hydrogens is 406 g/mol. The molecule has 1 N–H and O–H groups in total. The van der Waals surface area contributed by atoms with Gasteiger partial charge < -0.3 is 15.0 Å². The Morgan fingerprint density at radius 1 is 0.909 bits per heavy atom. The van der Waals surface area contributed by atoms with Gasteiger partial charge in [-0.3, -0.25) is 4.90 Å². The standard InChI is InChI=1S/C29H37N3O/c1-30-20-17-28(25-13-7-4-8-14-25)33-29-16-10-9-15-27(29)31(2)26-18-21-32(22-19-26)23-24-11-5-3-6-12-24/h3-16,26,28,30H,17-23H2,1-2H3. The summed E-state index contributed by atoms with van der Waals surface area (Å²) in [4.78, 5) is 5.01. The van der Waals surface area contributed by atoms with Crippen LogP contribution in [0.1, 0.15) is 36.5 Å². The highest BCUT2D eigenvalue weighted by Crippen LogP contribution is 2.35. The number of benzene rings is 3. The number of nitrogens with one attached hydrogen (secondary N) is 1. The number of piperidine rings is 1. The lowest BCUT2D eigenvalue weighted by Crippen LogP contribution is -2.43. The molecule has 1 atom stereocenters. The molecule has 0 aromatic heterocycles. The van der Waals surface area contributed by atoms with E-state index in [0.717, 1.165) is 38.3 Å². The van der Waals surface area contributed by atoms with Crippen LogP contribution in [0.2, 0.25) is 0 Å². The van der Waals surface area contributed by atoms with Crippen molar-refractivity contribution in [2.75, 3.05) is 38.6 Å². The molecule has 4 heteroatoms. The maximum absolute atomic E-state index is 6.65. The van der Waals surface area contributed by atoms with E-state index in [-0.39, 0.29) is 6.10 Å². The Labute approximate surface area is 199 Å². The Kier molecular flexibility index (Phi) is 8.40. The zero-order valence-electron chi connectivity index (χ0n) is 20.0. The van der Waals surface area contributed by atoms with E-state index in [0.29, 0.717) is 6.04 Å². The first-order valence-corrected chi connectivity index (χ1v) is 12.2. The Balaban J connectivity index is 1.42. The van der Waals surface area contributed by atoms with Crippen molar-refractivity contribution >= 4 is 5.69 Å². The van der Waals surface area contributed by atoms with Crippen molar-refractivity contribution in [3.63, 3.8) is 0 Å². The van der Waals surface area contributed by atoms with E-state index < -0.39 is 0 Å². The van der Waals surface area contributed by atoms with Crippen LogP contribution in [-0.4, -0.2) is 44.7 Å². The Morgan fingerprint density at radius 2 is 1.55 bits per heavy atom. The molecule has 3 aromatic rings. The average Bonchev–Trinajstić information content (AvgIpc) is 2.88. The summed E-state index contributed by atoms with van der Waals surface area (Å²) in [6.07, 6.45) is 3.29. The smallest absolute Gasteiger partial charge is 0.143 e. The summed E-state index contributed by atoms with van der Waals surface area (Å²) in [5.74, 6) is 0.969. The molecule has 174 valence electrons. The van der Waals surface area contributed by atoms with Crippen LogP contribution < -0.4 is 15.0 Å². The van der Waals surface area contributed by atoms with Crippen molar-refractivity contribution in [1.82, 2.24) is 10.2 Å². The van der Waals surface area contributed by atoms with Crippen molar-refractivity contribution in [1.29, 1.82) is 0 Å². The van der Waals surface area contributed by atoms with Crippen LogP contribution in [0, 0.1) is 0 Å². The monoisotopic (exact) mass is 443 g/mol. The summed E-state index contributed by atoms with van der Waals surface area (Å²) >= 11 is 0. The lowest BCUT2D eigenvalue weighted by atomic mass is 10.0. The Bertz CT molecular complexity index is 955. The topological polar surface area (TPSA) is 27.7 Å². The van der Waals surface area contributed by atoms with Gasteiger partial charge in [-0.25, -0.2) is 0 Å². The van der Waals surface area contributed by atoms with Crippen LogP contribution in [0.4, 0.5) is 5.69 Å². The summed E-state index contributed by atoms with van der Waals surface area (Å²) in [6.45, 7) is 4.21. The van der Waals surface area contributed by atoms with Gasteiger partial charge in [-0.05, 0) is 49.7 Å². The minimum absolute atomic E-state index is 0.0286. The van der Waals surface area contributed by atoms with Crippen molar-refractivity contribution in [3.05, 3.63) is 96.1 Å². The summed E-state index contributed by atoms with van der Waals surface area (Å²) in [6, 6.07) is 30.4. The SMILES string of the molecule is CNCCC(Oc1ccccc1N(C)C1CCN(Cc2ccccc2)CC1)c1ccccc1. The highest BCUT2D eigenvalue weighted by Gasteiger charge is 2.25. The Hall–Kier alpha value is -2.82. The quantitative estimate of drug-likeness (QED) is 0.447. The van der Waals surface area contributed by atoms with Crippen LogP contribution in [0.15, 0.2) is 84.9 Å². The van der Waals surface area contributed by atoms with Gasteiger partial charge in [-0.2, -0.15) is 0 Å². The first-order valence-electron chi connectivity index (χ1n) is 12.2.